The van der Waals surface area contributed by atoms with E-state index in [1.807, 2.05) is 54.6 Å². The van der Waals surface area contributed by atoms with Crippen LogP contribution in [0.15, 0.2) is 66.7 Å². The third kappa shape index (κ3) is 5.25. The van der Waals surface area contributed by atoms with Gasteiger partial charge in [-0.1, -0.05) is 42.5 Å². The van der Waals surface area contributed by atoms with Crippen LogP contribution in [0.2, 0.25) is 0 Å². The molecule has 5 nitrogen and oxygen atoms in total. The van der Waals surface area contributed by atoms with Crippen molar-refractivity contribution in [1.29, 1.82) is 0 Å². The number of carboxylic acids is 1. The lowest BCUT2D eigenvalue weighted by molar-refractivity contribution is -0.136. The number of halogens is 1. The molecular weight excluding hydrogens is 503 g/mol. The van der Waals surface area contributed by atoms with Gasteiger partial charge >= 0.3 is 5.97 Å². The van der Waals surface area contributed by atoms with Crippen LogP contribution in [0.4, 0.5) is 5.69 Å². The Balaban J connectivity index is 1.37. The fraction of sp³-hybridized carbons (Fsp3) is 0.200. The van der Waals surface area contributed by atoms with Crippen molar-refractivity contribution in [1.82, 2.24) is 4.98 Å². The average molecular weight is 526 g/mol. The average Bonchev–Trinajstić information content (AvgIpc) is 2.78. The number of hydrogen-bond acceptors (Lipinski definition) is 4. The van der Waals surface area contributed by atoms with E-state index in [1.54, 1.807) is 0 Å². The van der Waals surface area contributed by atoms with Gasteiger partial charge in [-0.3, -0.25) is 4.79 Å². The highest BCUT2D eigenvalue weighted by molar-refractivity contribution is 14.1. The molecule has 0 spiro atoms. The number of nitrogens with zero attached hydrogens (tertiary/aromatic N) is 1. The predicted molar refractivity (Wildman–Crippen MR) is 133 cm³/mol. The van der Waals surface area contributed by atoms with E-state index in [1.165, 1.54) is 0 Å². The van der Waals surface area contributed by atoms with E-state index in [2.05, 4.69) is 40.0 Å². The topological polar surface area (TPSA) is 71.5 Å². The second-order valence-electron chi connectivity index (χ2n) is 7.31. The van der Waals surface area contributed by atoms with E-state index in [0.29, 0.717) is 13.0 Å². The number of aromatic nitrogens is 1. The number of nitrogens with one attached hydrogen (secondary N) is 1. The number of aryl methyl sites for hydroxylation is 1. The van der Waals surface area contributed by atoms with E-state index < -0.39 is 5.97 Å². The number of fused-ring (bicyclic) bond motifs is 2. The molecule has 158 valence electrons. The molecule has 6 heteroatoms. The van der Waals surface area contributed by atoms with Crippen LogP contribution in [0.5, 0.6) is 5.75 Å². The quantitative estimate of drug-likeness (QED) is 0.162. The summed E-state index contributed by atoms with van der Waals surface area (Å²) in [6.45, 7) is 1.38. The summed E-state index contributed by atoms with van der Waals surface area (Å²) in [6, 6.07) is 22.2. The van der Waals surface area contributed by atoms with Crippen molar-refractivity contribution >= 4 is 56.1 Å². The molecule has 0 atom stereocenters. The molecule has 31 heavy (non-hydrogen) atoms. The third-order valence-electron chi connectivity index (χ3n) is 5.09. The number of carbonyl (C=O) groups is 1. The molecule has 0 saturated carbocycles. The smallest absolute Gasteiger partial charge is 0.303 e. The zero-order chi connectivity index (χ0) is 21.6. The lowest BCUT2D eigenvalue weighted by Gasteiger charge is -2.14. The Hall–Kier alpha value is -2.87. The summed E-state index contributed by atoms with van der Waals surface area (Å²) in [7, 11) is 0. The summed E-state index contributed by atoms with van der Waals surface area (Å²) < 4.78 is 6.95. The molecule has 0 aliphatic heterocycles. The molecule has 4 rings (SSSR count). The largest absolute Gasteiger partial charge is 0.492 e. The standard InChI is InChI=1S/C25H23IN2O3/c26-20-16-17(11-13-24(29)30)10-12-23(20)31-15-5-14-27-25-18-6-1-3-8-21(18)28-22-9-4-2-7-19(22)25/h1-4,6-10,12,16H,5,11,13-15H2,(H,27,28)(H,29,30). The Bertz CT molecular complexity index is 1170. The number of benzene rings is 3. The highest BCUT2D eigenvalue weighted by Crippen LogP contribution is 2.30. The highest BCUT2D eigenvalue weighted by atomic mass is 127. The summed E-state index contributed by atoms with van der Waals surface area (Å²) in [5, 5.41) is 14.7. The van der Waals surface area contributed by atoms with Crippen LogP contribution in [-0.4, -0.2) is 29.2 Å². The molecule has 3 aromatic carbocycles. The first kappa shape index (κ1) is 21.4. The van der Waals surface area contributed by atoms with Crippen LogP contribution >= 0.6 is 22.6 Å². The van der Waals surface area contributed by atoms with Gasteiger partial charge in [-0.25, -0.2) is 4.98 Å². The van der Waals surface area contributed by atoms with Gasteiger partial charge < -0.3 is 15.2 Å². The molecule has 0 aliphatic carbocycles. The van der Waals surface area contributed by atoms with Crippen molar-refractivity contribution < 1.29 is 14.6 Å². The van der Waals surface area contributed by atoms with E-state index in [4.69, 9.17) is 14.8 Å². The van der Waals surface area contributed by atoms with Gasteiger partial charge in [-0.15, -0.1) is 0 Å². The normalized spacial score (nSPS) is 11.0. The third-order valence-corrected chi connectivity index (χ3v) is 5.93. The zero-order valence-corrected chi connectivity index (χ0v) is 19.1. The van der Waals surface area contributed by atoms with Crippen molar-refractivity contribution in [3.05, 3.63) is 75.9 Å². The number of para-hydroxylation sites is 2. The minimum absolute atomic E-state index is 0.139. The van der Waals surface area contributed by atoms with Gasteiger partial charge in [0.15, 0.2) is 0 Å². The van der Waals surface area contributed by atoms with E-state index >= 15 is 0 Å². The van der Waals surface area contributed by atoms with Gasteiger partial charge in [0.05, 0.1) is 26.9 Å². The second kappa shape index (κ2) is 9.96. The Morgan fingerprint density at radius 3 is 2.32 bits per heavy atom. The van der Waals surface area contributed by atoms with Crippen LogP contribution in [0.25, 0.3) is 21.8 Å². The lowest BCUT2D eigenvalue weighted by Crippen LogP contribution is -2.09. The second-order valence-corrected chi connectivity index (χ2v) is 8.47. The lowest BCUT2D eigenvalue weighted by atomic mass is 10.1. The molecule has 0 radical (unpaired) electrons. The monoisotopic (exact) mass is 526 g/mol. The molecular formula is C25H23IN2O3. The minimum Gasteiger partial charge on any atom is -0.492 e. The summed E-state index contributed by atoms with van der Waals surface area (Å²) in [4.78, 5) is 15.5. The number of hydrogen-bond donors (Lipinski definition) is 2. The van der Waals surface area contributed by atoms with Crippen LogP contribution in [0.3, 0.4) is 0 Å². The SMILES string of the molecule is O=C(O)CCc1ccc(OCCCNc2c3ccccc3nc3ccccc23)c(I)c1. The van der Waals surface area contributed by atoms with Gasteiger partial charge in [0.1, 0.15) is 5.75 Å². The number of anilines is 1. The van der Waals surface area contributed by atoms with Crippen LogP contribution in [-0.2, 0) is 11.2 Å². The number of carboxylic acid groups (broad SMARTS) is 1. The molecule has 1 aromatic heterocycles. The van der Waals surface area contributed by atoms with E-state index in [-0.39, 0.29) is 6.42 Å². The van der Waals surface area contributed by atoms with Crippen molar-refractivity contribution in [2.45, 2.75) is 19.3 Å². The van der Waals surface area contributed by atoms with Gasteiger partial charge in [0.2, 0.25) is 0 Å². The number of pyridine rings is 1. The van der Waals surface area contributed by atoms with Crippen molar-refractivity contribution in [3.8, 4) is 5.75 Å². The summed E-state index contributed by atoms with van der Waals surface area (Å²) in [6.07, 6.45) is 1.52. The first-order valence-corrected chi connectivity index (χ1v) is 11.3. The number of aliphatic carboxylic acids is 1. The van der Waals surface area contributed by atoms with Crippen molar-refractivity contribution in [3.63, 3.8) is 0 Å². The maximum absolute atomic E-state index is 10.7. The zero-order valence-electron chi connectivity index (χ0n) is 17.0. The molecule has 4 aromatic rings. The van der Waals surface area contributed by atoms with Gasteiger partial charge in [-0.05, 0) is 65.3 Å². The fourth-order valence-electron chi connectivity index (χ4n) is 3.57. The first-order valence-electron chi connectivity index (χ1n) is 10.3. The van der Waals surface area contributed by atoms with Crippen molar-refractivity contribution in [2.24, 2.45) is 0 Å². The fourth-order valence-corrected chi connectivity index (χ4v) is 4.30. The summed E-state index contributed by atoms with van der Waals surface area (Å²) in [5.74, 6) is 0.0528. The Morgan fingerprint density at radius 2 is 1.68 bits per heavy atom. The summed E-state index contributed by atoms with van der Waals surface area (Å²) in [5.41, 5.74) is 4.09. The maximum Gasteiger partial charge on any atom is 0.303 e. The predicted octanol–water partition coefficient (Wildman–Crippen LogP) is 5.89. The maximum atomic E-state index is 10.7. The molecule has 1 heterocycles. The van der Waals surface area contributed by atoms with Crippen molar-refractivity contribution in [2.75, 3.05) is 18.5 Å². The molecule has 0 aliphatic rings. The van der Waals surface area contributed by atoms with Crippen LogP contribution < -0.4 is 10.1 Å². The molecule has 0 fully saturated rings. The number of ether oxygens (including phenoxy) is 1. The molecule has 2 N–H and O–H groups in total. The highest BCUT2D eigenvalue weighted by Gasteiger charge is 2.08. The summed E-state index contributed by atoms with van der Waals surface area (Å²) >= 11 is 2.24. The number of rotatable bonds is 9. The molecule has 0 bridgehead atoms. The van der Waals surface area contributed by atoms with E-state index in [0.717, 1.165) is 55.3 Å². The Kier molecular flexibility index (Phi) is 6.86. The van der Waals surface area contributed by atoms with Gasteiger partial charge in [0.25, 0.3) is 0 Å². The molecule has 0 unspecified atom stereocenters. The molecule has 0 amide bonds. The molecule has 0 saturated heterocycles. The first-order chi connectivity index (χ1) is 15.1. The van der Waals surface area contributed by atoms with Gasteiger partial charge in [-0.2, -0.15) is 0 Å². The minimum atomic E-state index is -0.780. The van der Waals surface area contributed by atoms with Crippen LogP contribution in [0.1, 0.15) is 18.4 Å². The Labute approximate surface area is 194 Å². The van der Waals surface area contributed by atoms with Crippen LogP contribution in [0, 0.1) is 3.57 Å². The van der Waals surface area contributed by atoms with E-state index in [9.17, 15) is 4.79 Å². The Morgan fingerprint density at radius 1 is 1.00 bits per heavy atom. The van der Waals surface area contributed by atoms with Gasteiger partial charge in [0, 0.05) is 23.7 Å².